The average Bonchev–Trinajstić information content (AvgIpc) is 3.35. The molecule has 190 valence electrons. The van der Waals surface area contributed by atoms with Gasteiger partial charge in [-0.15, -0.1) is 0 Å². The molecule has 3 aromatic rings. The number of hydrogen-bond acceptors (Lipinski definition) is 3. The largest absolute Gasteiger partial charge is 0.497 e. The van der Waals surface area contributed by atoms with Crippen molar-refractivity contribution in [3.63, 3.8) is 0 Å². The van der Waals surface area contributed by atoms with Crippen LogP contribution < -0.4 is 10.1 Å². The van der Waals surface area contributed by atoms with Gasteiger partial charge in [0.1, 0.15) is 12.3 Å². The topological polar surface area (TPSA) is 66.8 Å². The minimum absolute atomic E-state index is 0.000933. The SMILES string of the molecule is COc1ccc(NC(=O)N(CC(=O)N2CCn3cccc3C2c2ccc(C(C)C)cc2)C(C)C)cc1. The Morgan fingerprint density at radius 2 is 1.69 bits per heavy atom. The number of rotatable bonds is 7. The first-order chi connectivity index (χ1) is 17.3. The first-order valence-corrected chi connectivity index (χ1v) is 12.5. The highest BCUT2D eigenvalue weighted by molar-refractivity contribution is 5.92. The maximum atomic E-state index is 13.7. The number of fused-ring (bicyclic) bond motifs is 1. The van der Waals surface area contributed by atoms with E-state index in [1.165, 1.54) is 5.56 Å². The van der Waals surface area contributed by atoms with E-state index in [-0.39, 0.29) is 30.6 Å². The van der Waals surface area contributed by atoms with Crippen LogP contribution >= 0.6 is 0 Å². The predicted molar refractivity (Wildman–Crippen MR) is 142 cm³/mol. The third-order valence-corrected chi connectivity index (χ3v) is 6.81. The van der Waals surface area contributed by atoms with Gasteiger partial charge in [-0.1, -0.05) is 38.1 Å². The molecule has 0 fully saturated rings. The molecule has 2 aromatic carbocycles. The second-order valence-corrected chi connectivity index (χ2v) is 9.82. The summed E-state index contributed by atoms with van der Waals surface area (Å²) >= 11 is 0. The number of benzene rings is 2. The van der Waals surface area contributed by atoms with Gasteiger partial charge < -0.3 is 24.4 Å². The standard InChI is InChI=1S/C29H36N4O3/c1-20(2)22-8-10-23(11-9-22)28-26-7-6-16-31(26)17-18-32(28)27(34)19-33(21(3)4)29(35)30-24-12-14-25(36-5)15-13-24/h6-16,20-21,28H,17-19H2,1-5H3,(H,30,35). The van der Waals surface area contributed by atoms with Crippen LogP contribution in [0, 0.1) is 0 Å². The molecule has 4 rings (SSSR count). The monoisotopic (exact) mass is 488 g/mol. The normalized spacial score (nSPS) is 15.1. The summed E-state index contributed by atoms with van der Waals surface area (Å²) in [5, 5.41) is 2.91. The van der Waals surface area contributed by atoms with Crippen molar-refractivity contribution >= 4 is 17.6 Å². The molecule has 0 saturated heterocycles. The number of methoxy groups -OCH3 is 1. The fraction of sp³-hybridized carbons (Fsp3) is 0.379. The van der Waals surface area contributed by atoms with E-state index in [0.717, 1.165) is 17.8 Å². The summed E-state index contributed by atoms with van der Waals surface area (Å²) < 4.78 is 7.40. The van der Waals surface area contributed by atoms with Crippen molar-refractivity contribution in [2.75, 3.05) is 25.5 Å². The molecule has 1 N–H and O–H groups in total. The molecule has 2 heterocycles. The van der Waals surface area contributed by atoms with Gasteiger partial charge >= 0.3 is 6.03 Å². The van der Waals surface area contributed by atoms with Crippen molar-refractivity contribution in [2.45, 2.75) is 52.2 Å². The molecule has 7 heteroatoms. The van der Waals surface area contributed by atoms with Gasteiger partial charge in [-0.25, -0.2) is 4.79 Å². The third kappa shape index (κ3) is 5.40. The van der Waals surface area contributed by atoms with E-state index in [2.05, 4.69) is 60.3 Å². The second kappa shape index (κ2) is 10.9. The maximum Gasteiger partial charge on any atom is 0.322 e. The van der Waals surface area contributed by atoms with Crippen LogP contribution in [0.3, 0.4) is 0 Å². The third-order valence-electron chi connectivity index (χ3n) is 6.81. The molecule has 7 nitrogen and oxygen atoms in total. The summed E-state index contributed by atoms with van der Waals surface area (Å²) in [5.74, 6) is 1.08. The Kier molecular flexibility index (Phi) is 7.67. The number of nitrogens with zero attached hydrogens (tertiary/aromatic N) is 3. The Labute approximate surface area is 213 Å². The number of hydrogen-bond donors (Lipinski definition) is 1. The molecule has 1 aromatic heterocycles. The zero-order valence-corrected chi connectivity index (χ0v) is 21.8. The Hall–Kier alpha value is -3.74. The number of anilines is 1. The number of amides is 3. The highest BCUT2D eigenvalue weighted by atomic mass is 16.5. The summed E-state index contributed by atoms with van der Waals surface area (Å²) in [6.45, 7) is 9.51. The highest BCUT2D eigenvalue weighted by Gasteiger charge is 2.34. The molecule has 0 bridgehead atoms. The average molecular weight is 489 g/mol. The van der Waals surface area contributed by atoms with Gasteiger partial charge in [-0.2, -0.15) is 0 Å². The van der Waals surface area contributed by atoms with Crippen LogP contribution in [-0.2, 0) is 11.3 Å². The van der Waals surface area contributed by atoms with Crippen molar-refractivity contribution in [3.05, 3.63) is 83.7 Å². The van der Waals surface area contributed by atoms with Gasteiger partial charge in [0.15, 0.2) is 0 Å². The summed E-state index contributed by atoms with van der Waals surface area (Å²) in [6.07, 6.45) is 2.06. The smallest absolute Gasteiger partial charge is 0.322 e. The van der Waals surface area contributed by atoms with E-state index in [1.54, 1.807) is 36.3 Å². The van der Waals surface area contributed by atoms with Crippen LogP contribution in [0.1, 0.15) is 56.5 Å². The van der Waals surface area contributed by atoms with Gasteiger partial charge in [0.05, 0.1) is 13.2 Å². The number of nitrogens with one attached hydrogen (secondary N) is 1. The quantitative estimate of drug-likeness (QED) is 0.478. The minimum Gasteiger partial charge on any atom is -0.497 e. The Morgan fingerprint density at radius 3 is 2.31 bits per heavy atom. The number of ether oxygens (including phenoxy) is 1. The van der Waals surface area contributed by atoms with Crippen LogP contribution in [0.5, 0.6) is 5.75 Å². The van der Waals surface area contributed by atoms with Crippen LogP contribution in [-0.4, -0.2) is 52.5 Å². The molecule has 1 atom stereocenters. The van der Waals surface area contributed by atoms with Crippen molar-refractivity contribution in [2.24, 2.45) is 0 Å². The Bertz CT molecular complexity index is 1180. The molecular formula is C29H36N4O3. The predicted octanol–water partition coefficient (Wildman–Crippen LogP) is 5.49. The molecule has 3 amide bonds. The Balaban J connectivity index is 1.55. The number of aromatic nitrogens is 1. The van der Waals surface area contributed by atoms with Gasteiger partial charge in [-0.3, -0.25) is 4.79 Å². The molecule has 36 heavy (non-hydrogen) atoms. The molecule has 1 aliphatic rings. The van der Waals surface area contributed by atoms with Crippen LogP contribution in [0.4, 0.5) is 10.5 Å². The van der Waals surface area contributed by atoms with E-state index in [0.29, 0.717) is 23.9 Å². The molecule has 0 saturated carbocycles. The molecule has 1 aliphatic heterocycles. The minimum atomic E-state index is -0.304. The van der Waals surface area contributed by atoms with Gasteiger partial charge in [0.2, 0.25) is 5.91 Å². The van der Waals surface area contributed by atoms with Crippen molar-refractivity contribution < 1.29 is 14.3 Å². The van der Waals surface area contributed by atoms with Crippen molar-refractivity contribution in [1.82, 2.24) is 14.4 Å². The van der Waals surface area contributed by atoms with Crippen molar-refractivity contribution in [1.29, 1.82) is 0 Å². The zero-order valence-electron chi connectivity index (χ0n) is 21.8. The van der Waals surface area contributed by atoms with Gasteiger partial charge in [-0.05, 0) is 67.3 Å². The van der Waals surface area contributed by atoms with E-state index >= 15 is 0 Å². The van der Waals surface area contributed by atoms with Gasteiger partial charge in [0.25, 0.3) is 0 Å². The summed E-state index contributed by atoms with van der Waals surface area (Å²) in [5.41, 5.74) is 4.08. The lowest BCUT2D eigenvalue weighted by atomic mass is 9.95. The molecular weight excluding hydrogens is 452 g/mol. The van der Waals surface area contributed by atoms with E-state index in [9.17, 15) is 9.59 Å². The summed E-state index contributed by atoms with van der Waals surface area (Å²) in [4.78, 5) is 30.4. The van der Waals surface area contributed by atoms with Gasteiger partial charge in [0, 0.05) is 36.7 Å². The highest BCUT2D eigenvalue weighted by Crippen LogP contribution is 2.33. The number of carbonyl (C=O) groups excluding carboxylic acids is 2. The van der Waals surface area contributed by atoms with Crippen molar-refractivity contribution in [3.8, 4) is 5.75 Å². The fourth-order valence-corrected chi connectivity index (χ4v) is 4.66. The molecule has 1 unspecified atom stereocenters. The molecule has 0 aliphatic carbocycles. The summed E-state index contributed by atoms with van der Waals surface area (Å²) in [7, 11) is 1.60. The van der Waals surface area contributed by atoms with Crippen LogP contribution in [0.15, 0.2) is 66.9 Å². The second-order valence-electron chi connectivity index (χ2n) is 9.82. The van der Waals surface area contributed by atoms with E-state index in [4.69, 9.17) is 4.74 Å². The maximum absolute atomic E-state index is 13.7. The molecule has 0 spiro atoms. The van der Waals surface area contributed by atoms with E-state index in [1.807, 2.05) is 24.8 Å². The lowest BCUT2D eigenvalue weighted by Gasteiger charge is -2.39. The lowest BCUT2D eigenvalue weighted by molar-refractivity contribution is -0.134. The first-order valence-electron chi connectivity index (χ1n) is 12.5. The summed E-state index contributed by atoms with van der Waals surface area (Å²) in [6, 6.07) is 19.2. The number of urea groups is 1. The van der Waals surface area contributed by atoms with E-state index < -0.39 is 0 Å². The van der Waals surface area contributed by atoms with Crippen LogP contribution in [0.2, 0.25) is 0 Å². The zero-order chi connectivity index (χ0) is 25.8. The Morgan fingerprint density at radius 1 is 1.00 bits per heavy atom. The number of carbonyl (C=O) groups is 2. The first kappa shape index (κ1) is 25.4. The fourth-order valence-electron chi connectivity index (χ4n) is 4.66. The molecule has 0 radical (unpaired) electrons. The lowest BCUT2D eigenvalue weighted by Crippen LogP contribution is -2.50. The van der Waals surface area contributed by atoms with Crippen LogP contribution in [0.25, 0.3) is 0 Å².